The molecule has 6 nitrogen and oxygen atoms in total. The van der Waals surface area contributed by atoms with Crippen LogP contribution in [-0.4, -0.2) is 29.3 Å². The quantitative estimate of drug-likeness (QED) is 0.570. The number of carbonyl (C=O) groups excluding carboxylic acids is 3. The van der Waals surface area contributed by atoms with E-state index in [1.807, 2.05) is 38.1 Å². The second-order valence-electron chi connectivity index (χ2n) is 8.14. The van der Waals surface area contributed by atoms with E-state index in [-0.39, 0.29) is 12.4 Å². The Morgan fingerprint density at radius 3 is 2.30 bits per heavy atom. The van der Waals surface area contributed by atoms with Crippen molar-refractivity contribution in [2.75, 3.05) is 6.54 Å². The fraction of sp³-hybridized carbons (Fsp3) is 0.192. The first kappa shape index (κ1) is 22.2. The molecular weight excluding hydrogens is 421 g/mol. The predicted molar refractivity (Wildman–Crippen MR) is 122 cm³/mol. The maximum Gasteiger partial charge on any atom is 0.326 e. The average Bonchev–Trinajstić information content (AvgIpc) is 3.06. The van der Waals surface area contributed by atoms with Gasteiger partial charge in [-0.2, -0.15) is 0 Å². The number of hydrogen-bond donors (Lipinski definition) is 2. The molecule has 1 aliphatic heterocycles. The van der Waals surface area contributed by atoms with E-state index < -0.39 is 29.9 Å². The largest absolute Gasteiger partial charge is 0.350 e. The number of imide groups is 1. The zero-order valence-corrected chi connectivity index (χ0v) is 18.4. The molecule has 7 heteroatoms. The van der Waals surface area contributed by atoms with Crippen molar-refractivity contribution in [1.82, 2.24) is 15.5 Å². The van der Waals surface area contributed by atoms with Gasteiger partial charge in [-0.3, -0.25) is 14.5 Å². The van der Waals surface area contributed by atoms with Gasteiger partial charge < -0.3 is 10.6 Å². The second kappa shape index (κ2) is 8.86. The van der Waals surface area contributed by atoms with Gasteiger partial charge in [-0.25, -0.2) is 9.18 Å². The molecule has 0 aliphatic carbocycles. The lowest BCUT2D eigenvalue weighted by molar-refractivity contribution is -0.134. The first-order chi connectivity index (χ1) is 15.8. The van der Waals surface area contributed by atoms with Gasteiger partial charge in [-0.15, -0.1) is 0 Å². The molecule has 0 radical (unpaired) electrons. The summed E-state index contributed by atoms with van der Waals surface area (Å²) in [4.78, 5) is 40.1. The average molecular weight is 445 g/mol. The number of halogens is 1. The maximum atomic E-state index is 13.7. The van der Waals surface area contributed by atoms with Crippen molar-refractivity contribution in [2.45, 2.75) is 25.9 Å². The summed E-state index contributed by atoms with van der Waals surface area (Å²) < 4.78 is 13.1. The molecule has 1 saturated heterocycles. The van der Waals surface area contributed by atoms with E-state index >= 15 is 0 Å². The molecule has 0 saturated carbocycles. The molecule has 0 aromatic heterocycles. The van der Waals surface area contributed by atoms with E-state index in [0.717, 1.165) is 16.0 Å². The van der Waals surface area contributed by atoms with E-state index in [9.17, 15) is 18.8 Å². The number of hydrogen-bond acceptors (Lipinski definition) is 3. The molecule has 1 fully saturated rings. The minimum atomic E-state index is -1.42. The molecule has 2 N–H and O–H groups in total. The van der Waals surface area contributed by atoms with Crippen LogP contribution >= 0.6 is 0 Å². The Hall–Kier alpha value is -4.00. The Morgan fingerprint density at radius 1 is 0.939 bits per heavy atom. The third kappa shape index (κ3) is 4.22. The highest BCUT2D eigenvalue weighted by Crippen LogP contribution is 2.36. The lowest BCUT2D eigenvalue weighted by Crippen LogP contribution is -2.46. The van der Waals surface area contributed by atoms with Gasteiger partial charge in [0.15, 0.2) is 5.54 Å². The van der Waals surface area contributed by atoms with Crippen LogP contribution in [-0.2, 0) is 21.7 Å². The minimum Gasteiger partial charge on any atom is -0.350 e. The van der Waals surface area contributed by atoms with Crippen molar-refractivity contribution in [3.63, 3.8) is 0 Å². The topological polar surface area (TPSA) is 78.5 Å². The highest BCUT2D eigenvalue weighted by molar-refractivity contribution is 6.11. The number of aryl methyl sites for hydroxylation is 2. The van der Waals surface area contributed by atoms with Crippen molar-refractivity contribution < 1.29 is 18.8 Å². The van der Waals surface area contributed by atoms with Gasteiger partial charge in [0.05, 0.1) is 0 Å². The lowest BCUT2D eigenvalue weighted by Gasteiger charge is -2.28. The summed E-state index contributed by atoms with van der Waals surface area (Å²) in [6, 6.07) is 19.7. The highest BCUT2D eigenvalue weighted by Gasteiger charge is 2.54. The fourth-order valence-electron chi connectivity index (χ4n) is 3.94. The van der Waals surface area contributed by atoms with Gasteiger partial charge in [0.25, 0.3) is 5.91 Å². The summed E-state index contributed by atoms with van der Waals surface area (Å²) in [5.74, 6) is -1.38. The van der Waals surface area contributed by atoms with E-state index in [1.165, 1.54) is 12.1 Å². The van der Waals surface area contributed by atoms with Crippen LogP contribution in [0.4, 0.5) is 9.18 Å². The van der Waals surface area contributed by atoms with Gasteiger partial charge in [-0.05, 0) is 53.8 Å². The molecule has 0 bridgehead atoms. The van der Waals surface area contributed by atoms with Crippen molar-refractivity contribution in [2.24, 2.45) is 0 Å². The molecular formula is C26H24FN3O3. The number of benzene rings is 3. The van der Waals surface area contributed by atoms with Crippen LogP contribution < -0.4 is 10.6 Å². The van der Waals surface area contributed by atoms with E-state index in [2.05, 4.69) is 10.6 Å². The number of amides is 4. The second-order valence-corrected chi connectivity index (χ2v) is 8.14. The zero-order valence-electron chi connectivity index (χ0n) is 18.4. The molecule has 4 amide bonds. The Morgan fingerprint density at radius 2 is 1.64 bits per heavy atom. The van der Waals surface area contributed by atoms with Crippen LogP contribution in [0.15, 0.2) is 72.8 Å². The molecule has 33 heavy (non-hydrogen) atoms. The number of nitrogens with zero attached hydrogens (tertiary/aromatic N) is 1. The first-order valence-corrected chi connectivity index (χ1v) is 10.6. The molecule has 1 aliphatic rings. The van der Waals surface area contributed by atoms with Gasteiger partial charge in [0, 0.05) is 6.54 Å². The van der Waals surface area contributed by atoms with Crippen molar-refractivity contribution in [3.8, 4) is 0 Å². The zero-order chi connectivity index (χ0) is 23.6. The molecule has 4 rings (SSSR count). The smallest absolute Gasteiger partial charge is 0.326 e. The molecule has 0 spiro atoms. The van der Waals surface area contributed by atoms with Crippen molar-refractivity contribution >= 4 is 17.8 Å². The van der Waals surface area contributed by atoms with E-state index in [0.29, 0.717) is 16.7 Å². The van der Waals surface area contributed by atoms with Crippen LogP contribution in [0.2, 0.25) is 0 Å². The fourth-order valence-corrected chi connectivity index (χ4v) is 3.94. The third-order valence-electron chi connectivity index (χ3n) is 5.96. The summed E-state index contributed by atoms with van der Waals surface area (Å²) in [5, 5.41) is 5.52. The van der Waals surface area contributed by atoms with E-state index in [4.69, 9.17) is 0 Å². The Labute approximate surface area is 191 Å². The van der Waals surface area contributed by atoms with Crippen LogP contribution in [0, 0.1) is 19.7 Å². The van der Waals surface area contributed by atoms with Gasteiger partial charge in [0.1, 0.15) is 12.4 Å². The van der Waals surface area contributed by atoms with Gasteiger partial charge >= 0.3 is 6.03 Å². The maximum absolute atomic E-state index is 13.7. The predicted octanol–water partition coefficient (Wildman–Crippen LogP) is 3.55. The molecule has 3 aromatic carbocycles. The number of nitrogens with one attached hydrogen (secondary N) is 2. The molecule has 3 aromatic rings. The van der Waals surface area contributed by atoms with Crippen LogP contribution in [0.5, 0.6) is 0 Å². The number of rotatable bonds is 6. The molecule has 168 valence electrons. The molecule has 1 atom stereocenters. The summed E-state index contributed by atoms with van der Waals surface area (Å²) >= 11 is 0. The minimum absolute atomic E-state index is 0.156. The van der Waals surface area contributed by atoms with Crippen LogP contribution in [0.1, 0.15) is 27.8 Å². The van der Waals surface area contributed by atoms with Crippen molar-refractivity contribution in [3.05, 3.63) is 106 Å². The third-order valence-corrected chi connectivity index (χ3v) is 5.96. The lowest BCUT2D eigenvalue weighted by atomic mass is 9.81. The van der Waals surface area contributed by atoms with Gasteiger partial charge in [0.2, 0.25) is 5.91 Å². The van der Waals surface area contributed by atoms with Crippen LogP contribution in [0.25, 0.3) is 0 Å². The summed E-state index contributed by atoms with van der Waals surface area (Å²) in [6.07, 6.45) is 0. The SMILES string of the molecule is Cc1ccc([C@@]2(c3ccccc3)NC(=O)N(CC(=O)NCc3ccc(F)cc3)C2=O)cc1C. The van der Waals surface area contributed by atoms with Crippen LogP contribution in [0.3, 0.4) is 0 Å². The molecule has 0 unspecified atom stereocenters. The number of carbonyl (C=O) groups is 3. The monoisotopic (exact) mass is 445 g/mol. The summed E-state index contributed by atoms with van der Waals surface area (Å²) in [5.41, 5.74) is 2.57. The van der Waals surface area contributed by atoms with Gasteiger partial charge in [-0.1, -0.05) is 60.7 Å². The Bertz CT molecular complexity index is 1210. The summed E-state index contributed by atoms with van der Waals surface area (Å²) in [7, 11) is 0. The van der Waals surface area contributed by atoms with E-state index in [1.54, 1.807) is 36.4 Å². The normalized spacial score (nSPS) is 17.7. The molecule has 1 heterocycles. The highest BCUT2D eigenvalue weighted by atomic mass is 19.1. The Kier molecular flexibility index (Phi) is 5.96. The summed E-state index contributed by atoms with van der Waals surface area (Å²) in [6.45, 7) is 3.65. The standard InChI is InChI=1S/C26H24FN3O3/c1-17-8-11-21(14-18(17)2)26(20-6-4-3-5-7-20)24(32)30(25(33)29-26)16-23(31)28-15-19-9-12-22(27)13-10-19/h3-14H,15-16H2,1-2H3,(H,28,31)(H,29,33)/t26-/m1/s1. The number of urea groups is 1. The Balaban J connectivity index is 1.60. The first-order valence-electron chi connectivity index (χ1n) is 10.6. The van der Waals surface area contributed by atoms with Crippen molar-refractivity contribution in [1.29, 1.82) is 0 Å².